The third kappa shape index (κ3) is 1.55. The van der Waals surface area contributed by atoms with E-state index >= 15 is 0 Å². The van der Waals surface area contributed by atoms with E-state index in [9.17, 15) is 13.6 Å². The molecule has 0 aromatic carbocycles. The summed E-state index contributed by atoms with van der Waals surface area (Å²) in [6.45, 7) is 0. The van der Waals surface area contributed by atoms with Crippen molar-refractivity contribution in [1.82, 2.24) is 4.98 Å². The summed E-state index contributed by atoms with van der Waals surface area (Å²) >= 11 is 0. The van der Waals surface area contributed by atoms with Gasteiger partial charge in [-0.25, -0.2) is 13.8 Å². The zero-order valence-electron chi connectivity index (χ0n) is 6.00. The molecule has 2 N–H and O–H groups in total. The van der Waals surface area contributed by atoms with E-state index in [2.05, 4.69) is 4.98 Å². The Labute approximate surface area is 67.2 Å². The molecule has 12 heavy (non-hydrogen) atoms. The third-order valence-corrected chi connectivity index (χ3v) is 1.31. The number of rotatable bonds is 2. The SMILES string of the molecule is Nc1ccc(C=O)nc1C(F)F. The number of hydrogen-bond donors (Lipinski definition) is 1. The van der Waals surface area contributed by atoms with E-state index in [-0.39, 0.29) is 11.4 Å². The van der Waals surface area contributed by atoms with Crippen molar-refractivity contribution in [2.45, 2.75) is 6.43 Å². The van der Waals surface area contributed by atoms with Crippen molar-refractivity contribution >= 4 is 12.0 Å². The summed E-state index contributed by atoms with van der Waals surface area (Å²) in [5.74, 6) is 0. The number of pyridine rings is 1. The molecule has 0 unspecified atom stereocenters. The lowest BCUT2D eigenvalue weighted by Crippen LogP contribution is -2.00. The Morgan fingerprint density at radius 3 is 2.67 bits per heavy atom. The van der Waals surface area contributed by atoms with E-state index in [1.165, 1.54) is 12.1 Å². The summed E-state index contributed by atoms with van der Waals surface area (Å²) in [6, 6.07) is 2.52. The van der Waals surface area contributed by atoms with Gasteiger partial charge in [-0.05, 0) is 12.1 Å². The van der Waals surface area contributed by atoms with Gasteiger partial charge in [0.15, 0.2) is 6.29 Å². The summed E-state index contributed by atoms with van der Waals surface area (Å²) in [4.78, 5) is 13.5. The molecule has 0 aliphatic rings. The minimum absolute atomic E-state index is 0.0421. The van der Waals surface area contributed by atoms with Gasteiger partial charge in [0.05, 0.1) is 5.69 Å². The maximum Gasteiger partial charge on any atom is 0.282 e. The molecule has 0 spiro atoms. The topological polar surface area (TPSA) is 56.0 Å². The van der Waals surface area contributed by atoms with E-state index in [1.54, 1.807) is 0 Å². The molecule has 0 saturated carbocycles. The Balaban J connectivity index is 3.16. The van der Waals surface area contributed by atoms with Gasteiger partial charge in [-0.3, -0.25) is 4.79 Å². The van der Waals surface area contributed by atoms with Crippen LogP contribution in [0, 0.1) is 0 Å². The highest BCUT2D eigenvalue weighted by Gasteiger charge is 2.13. The third-order valence-electron chi connectivity index (χ3n) is 1.31. The normalized spacial score (nSPS) is 10.2. The zero-order chi connectivity index (χ0) is 9.14. The van der Waals surface area contributed by atoms with Crippen molar-refractivity contribution < 1.29 is 13.6 Å². The maximum absolute atomic E-state index is 12.1. The van der Waals surface area contributed by atoms with Gasteiger partial charge in [0, 0.05) is 0 Å². The van der Waals surface area contributed by atoms with Crippen LogP contribution in [-0.4, -0.2) is 11.3 Å². The first kappa shape index (κ1) is 8.58. The van der Waals surface area contributed by atoms with E-state index in [1.807, 2.05) is 0 Å². The van der Waals surface area contributed by atoms with Gasteiger partial charge in [-0.15, -0.1) is 0 Å². The number of carbonyl (C=O) groups is 1. The Kier molecular flexibility index (Phi) is 2.32. The number of nitrogen functional groups attached to an aromatic ring is 1. The van der Waals surface area contributed by atoms with Crippen molar-refractivity contribution in [3.8, 4) is 0 Å². The molecular weight excluding hydrogens is 166 g/mol. The van der Waals surface area contributed by atoms with Crippen LogP contribution in [0.1, 0.15) is 22.6 Å². The van der Waals surface area contributed by atoms with E-state index in [4.69, 9.17) is 5.73 Å². The average Bonchev–Trinajstić information content (AvgIpc) is 2.05. The van der Waals surface area contributed by atoms with Crippen molar-refractivity contribution in [3.63, 3.8) is 0 Å². The van der Waals surface area contributed by atoms with E-state index in [0.29, 0.717) is 6.29 Å². The number of nitrogens with zero attached hydrogens (tertiary/aromatic N) is 1. The second-order valence-electron chi connectivity index (χ2n) is 2.13. The van der Waals surface area contributed by atoms with E-state index < -0.39 is 12.1 Å². The smallest absolute Gasteiger partial charge is 0.282 e. The number of aromatic nitrogens is 1. The van der Waals surface area contributed by atoms with E-state index in [0.717, 1.165) is 0 Å². The molecule has 0 radical (unpaired) electrons. The number of hydrogen-bond acceptors (Lipinski definition) is 3. The lowest BCUT2D eigenvalue weighted by molar-refractivity contribution is 0.111. The summed E-state index contributed by atoms with van der Waals surface area (Å²) in [6.07, 6.45) is -2.35. The Bertz CT molecular complexity index is 301. The number of halogens is 2. The molecule has 0 amide bonds. The molecule has 5 heteroatoms. The second kappa shape index (κ2) is 3.25. The fourth-order valence-electron chi connectivity index (χ4n) is 0.742. The maximum atomic E-state index is 12.1. The standard InChI is InChI=1S/C7H6F2N2O/c8-7(9)6-5(10)2-1-4(3-12)11-6/h1-3,7H,10H2. The number of nitrogens with two attached hydrogens (primary N) is 1. The Morgan fingerprint density at radius 2 is 2.17 bits per heavy atom. The van der Waals surface area contributed by atoms with Crippen LogP contribution in [-0.2, 0) is 0 Å². The van der Waals surface area contributed by atoms with Crippen LogP contribution >= 0.6 is 0 Å². The monoisotopic (exact) mass is 172 g/mol. The van der Waals surface area contributed by atoms with Crippen molar-refractivity contribution in [2.24, 2.45) is 0 Å². The fraction of sp³-hybridized carbons (Fsp3) is 0.143. The minimum atomic E-state index is -2.75. The number of aldehydes is 1. The molecule has 0 aliphatic carbocycles. The zero-order valence-corrected chi connectivity index (χ0v) is 6.00. The molecule has 0 aliphatic heterocycles. The highest BCUT2D eigenvalue weighted by Crippen LogP contribution is 2.22. The lowest BCUT2D eigenvalue weighted by atomic mass is 10.2. The number of anilines is 1. The number of carbonyl (C=O) groups excluding carboxylic acids is 1. The van der Waals surface area contributed by atoms with Gasteiger partial charge in [-0.1, -0.05) is 0 Å². The van der Waals surface area contributed by atoms with Gasteiger partial charge >= 0.3 is 0 Å². The summed E-state index contributed by atoms with van der Waals surface area (Å²) in [5, 5.41) is 0. The molecular formula is C7H6F2N2O. The molecule has 0 fully saturated rings. The van der Waals surface area contributed by atoms with Crippen LogP contribution in [0.3, 0.4) is 0 Å². The highest BCUT2D eigenvalue weighted by atomic mass is 19.3. The highest BCUT2D eigenvalue weighted by molar-refractivity contribution is 5.72. The van der Waals surface area contributed by atoms with Crippen LogP contribution in [0.15, 0.2) is 12.1 Å². The largest absolute Gasteiger partial charge is 0.397 e. The van der Waals surface area contributed by atoms with Gasteiger partial charge in [0.25, 0.3) is 6.43 Å². The molecule has 1 rings (SSSR count). The fourth-order valence-corrected chi connectivity index (χ4v) is 0.742. The summed E-state index contributed by atoms with van der Waals surface area (Å²) in [7, 11) is 0. The Morgan fingerprint density at radius 1 is 1.50 bits per heavy atom. The lowest BCUT2D eigenvalue weighted by Gasteiger charge is -2.02. The van der Waals surface area contributed by atoms with Crippen molar-refractivity contribution in [1.29, 1.82) is 0 Å². The average molecular weight is 172 g/mol. The minimum Gasteiger partial charge on any atom is -0.397 e. The number of alkyl halides is 2. The molecule has 1 aromatic heterocycles. The summed E-state index contributed by atoms with van der Waals surface area (Å²) < 4.78 is 24.2. The predicted octanol–water partition coefficient (Wildman–Crippen LogP) is 1.41. The molecule has 3 nitrogen and oxygen atoms in total. The molecule has 0 bridgehead atoms. The predicted molar refractivity (Wildman–Crippen MR) is 39.0 cm³/mol. The first-order valence-corrected chi connectivity index (χ1v) is 3.15. The Hall–Kier alpha value is -1.52. The van der Waals surface area contributed by atoms with Crippen LogP contribution in [0.25, 0.3) is 0 Å². The van der Waals surface area contributed by atoms with Crippen LogP contribution in [0.4, 0.5) is 14.5 Å². The second-order valence-corrected chi connectivity index (χ2v) is 2.13. The van der Waals surface area contributed by atoms with Gasteiger partial charge in [0.1, 0.15) is 11.4 Å². The van der Waals surface area contributed by atoms with Crippen LogP contribution < -0.4 is 5.73 Å². The van der Waals surface area contributed by atoms with Gasteiger partial charge in [0.2, 0.25) is 0 Å². The molecule has 0 atom stereocenters. The molecule has 0 saturated heterocycles. The first-order chi connectivity index (χ1) is 5.65. The molecule has 64 valence electrons. The van der Waals surface area contributed by atoms with Crippen molar-refractivity contribution in [3.05, 3.63) is 23.5 Å². The molecule has 1 aromatic rings. The molecule has 1 heterocycles. The van der Waals surface area contributed by atoms with Crippen LogP contribution in [0.2, 0.25) is 0 Å². The summed E-state index contributed by atoms with van der Waals surface area (Å²) in [5.41, 5.74) is 4.50. The van der Waals surface area contributed by atoms with Gasteiger partial charge < -0.3 is 5.73 Å². The van der Waals surface area contributed by atoms with Crippen LogP contribution in [0.5, 0.6) is 0 Å². The quantitative estimate of drug-likeness (QED) is 0.686. The van der Waals surface area contributed by atoms with Gasteiger partial charge in [-0.2, -0.15) is 0 Å². The van der Waals surface area contributed by atoms with Crippen molar-refractivity contribution in [2.75, 3.05) is 5.73 Å². The first-order valence-electron chi connectivity index (χ1n) is 3.15.